The van der Waals surface area contributed by atoms with Gasteiger partial charge in [-0.2, -0.15) is 4.68 Å². The molecule has 1 unspecified atom stereocenters. The van der Waals surface area contributed by atoms with E-state index in [4.69, 9.17) is 0 Å². The molecule has 0 spiro atoms. The number of para-hydroxylation sites is 1. The lowest BCUT2D eigenvalue weighted by Gasteiger charge is -2.31. The summed E-state index contributed by atoms with van der Waals surface area (Å²) in [7, 11) is 0. The molecule has 2 aromatic heterocycles. The summed E-state index contributed by atoms with van der Waals surface area (Å²) in [4.78, 5) is 3.96. The maximum absolute atomic E-state index is 4.27. The zero-order chi connectivity index (χ0) is 14.9. The summed E-state index contributed by atoms with van der Waals surface area (Å²) in [6.07, 6.45) is 1.12. The molecule has 0 fully saturated rings. The first-order valence-electron chi connectivity index (χ1n) is 7.46. The van der Waals surface area contributed by atoms with Crippen LogP contribution in [0.25, 0.3) is 5.69 Å². The summed E-state index contributed by atoms with van der Waals surface area (Å²) in [5.41, 5.74) is 2.45. The van der Waals surface area contributed by atoms with Gasteiger partial charge in [0.05, 0.1) is 11.7 Å². The average molecular weight is 311 g/mol. The van der Waals surface area contributed by atoms with Crippen LogP contribution < -0.4 is 0 Å². The summed E-state index contributed by atoms with van der Waals surface area (Å²) in [6.45, 7) is 4.21. The summed E-state index contributed by atoms with van der Waals surface area (Å²) in [5, 5.41) is 14.5. The molecule has 0 N–H and O–H groups in total. The second-order valence-corrected chi connectivity index (χ2v) is 6.55. The van der Waals surface area contributed by atoms with Crippen LogP contribution in [0.5, 0.6) is 0 Å². The number of fused-ring (bicyclic) bond motifs is 1. The van der Waals surface area contributed by atoms with E-state index in [-0.39, 0.29) is 6.04 Å². The third-order valence-corrected chi connectivity index (χ3v) is 5.28. The number of hydrogen-bond donors (Lipinski definition) is 0. The van der Waals surface area contributed by atoms with E-state index in [2.05, 4.69) is 38.8 Å². The van der Waals surface area contributed by atoms with Gasteiger partial charge in [-0.3, -0.25) is 4.90 Å². The van der Waals surface area contributed by atoms with Gasteiger partial charge in [0.2, 0.25) is 0 Å². The Hall–Kier alpha value is -2.05. The third-order valence-electron chi connectivity index (χ3n) is 4.25. The molecule has 1 aliphatic rings. The number of nitrogens with zero attached hydrogens (tertiary/aromatic N) is 5. The lowest BCUT2D eigenvalue weighted by Crippen LogP contribution is -2.33. The topological polar surface area (TPSA) is 46.8 Å². The van der Waals surface area contributed by atoms with Gasteiger partial charge in [0.25, 0.3) is 0 Å². The maximum Gasteiger partial charge on any atom is 0.173 e. The third kappa shape index (κ3) is 2.34. The Kier molecular flexibility index (Phi) is 3.48. The molecule has 1 atom stereocenters. The Balaban J connectivity index is 1.62. The van der Waals surface area contributed by atoms with Gasteiger partial charge in [-0.15, -0.1) is 16.4 Å². The Morgan fingerprint density at radius 3 is 2.91 bits per heavy atom. The molecule has 4 rings (SSSR count). The molecule has 22 heavy (non-hydrogen) atoms. The average Bonchev–Trinajstić information content (AvgIpc) is 3.23. The van der Waals surface area contributed by atoms with Crippen molar-refractivity contribution in [2.24, 2.45) is 0 Å². The normalized spacial score (nSPS) is 16.4. The molecular weight excluding hydrogens is 294 g/mol. The second-order valence-electron chi connectivity index (χ2n) is 5.55. The SMILES string of the molecule is CC(c1nnnn1-c1ccccc1)N1CCc2sccc2C1. The Bertz CT molecular complexity index is 764. The van der Waals surface area contributed by atoms with E-state index in [1.54, 1.807) is 0 Å². The summed E-state index contributed by atoms with van der Waals surface area (Å²) in [6, 6.07) is 12.5. The largest absolute Gasteiger partial charge is 0.289 e. The molecule has 0 saturated heterocycles. The van der Waals surface area contributed by atoms with Gasteiger partial charge >= 0.3 is 0 Å². The molecule has 0 amide bonds. The van der Waals surface area contributed by atoms with Crippen molar-refractivity contribution in [2.45, 2.75) is 25.9 Å². The minimum absolute atomic E-state index is 0.184. The zero-order valence-corrected chi connectivity index (χ0v) is 13.2. The number of benzene rings is 1. The number of rotatable bonds is 3. The molecule has 3 heterocycles. The van der Waals surface area contributed by atoms with Gasteiger partial charge < -0.3 is 0 Å². The molecule has 0 saturated carbocycles. The Labute approximate surface area is 133 Å². The molecule has 6 heteroatoms. The highest BCUT2D eigenvalue weighted by atomic mass is 32.1. The van der Waals surface area contributed by atoms with Gasteiger partial charge in [-0.05, 0) is 52.9 Å². The van der Waals surface area contributed by atoms with E-state index in [0.29, 0.717) is 0 Å². The standard InChI is InChI=1S/C16H17N5S/c1-12(20-9-7-15-13(11-20)8-10-22-15)16-17-18-19-21(16)14-5-3-2-4-6-14/h2-6,8,10,12H,7,9,11H2,1H3. The first-order chi connectivity index (χ1) is 10.8. The van der Waals surface area contributed by atoms with Crippen LogP contribution in [-0.2, 0) is 13.0 Å². The van der Waals surface area contributed by atoms with Crippen LogP contribution in [0, 0.1) is 0 Å². The van der Waals surface area contributed by atoms with Crippen molar-refractivity contribution in [3.63, 3.8) is 0 Å². The molecule has 112 valence electrons. The van der Waals surface area contributed by atoms with E-state index >= 15 is 0 Å². The van der Waals surface area contributed by atoms with Crippen LogP contribution in [-0.4, -0.2) is 31.7 Å². The van der Waals surface area contributed by atoms with Crippen molar-refractivity contribution in [3.8, 4) is 5.69 Å². The van der Waals surface area contributed by atoms with Gasteiger partial charge in [0, 0.05) is 18.0 Å². The van der Waals surface area contributed by atoms with Gasteiger partial charge in [-0.1, -0.05) is 18.2 Å². The van der Waals surface area contributed by atoms with Crippen LogP contribution in [0.3, 0.4) is 0 Å². The molecule has 5 nitrogen and oxygen atoms in total. The predicted molar refractivity (Wildman–Crippen MR) is 86.0 cm³/mol. The van der Waals surface area contributed by atoms with Crippen molar-refractivity contribution in [1.29, 1.82) is 0 Å². The fourth-order valence-electron chi connectivity index (χ4n) is 2.97. The first kappa shape index (κ1) is 13.6. The van der Waals surface area contributed by atoms with E-state index in [1.807, 2.05) is 46.4 Å². The highest BCUT2D eigenvalue weighted by molar-refractivity contribution is 7.10. The first-order valence-corrected chi connectivity index (χ1v) is 8.34. The lowest BCUT2D eigenvalue weighted by molar-refractivity contribution is 0.184. The fourth-order valence-corrected chi connectivity index (χ4v) is 3.86. The van der Waals surface area contributed by atoms with Crippen molar-refractivity contribution >= 4 is 11.3 Å². The fraction of sp³-hybridized carbons (Fsp3) is 0.312. The zero-order valence-electron chi connectivity index (χ0n) is 12.4. The van der Waals surface area contributed by atoms with Crippen molar-refractivity contribution in [3.05, 3.63) is 58.0 Å². The minimum Gasteiger partial charge on any atom is -0.289 e. The second kappa shape index (κ2) is 5.62. The summed E-state index contributed by atoms with van der Waals surface area (Å²) >= 11 is 1.86. The predicted octanol–water partition coefficient (Wildman–Crippen LogP) is 2.84. The molecule has 0 aliphatic carbocycles. The number of tetrazole rings is 1. The maximum atomic E-state index is 4.27. The quantitative estimate of drug-likeness (QED) is 0.746. The van der Waals surface area contributed by atoms with Crippen LogP contribution >= 0.6 is 11.3 Å². The molecule has 0 radical (unpaired) electrons. The van der Waals surface area contributed by atoms with Gasteiger partial charge in [-0.25, -0.2) is 0 Å². The molecule has 3 aromatic rings. The highest BCUT2D eigenvalue weighted by Gasteiger charge is 2.26. The molecule has 1 aliphatic heterocycles. The summed E-state index contributed by atoms with van der Waals surface area (Å²) < 4.78 is 1.84. The van der Waals surface area contributed by atoms with E-state index in [0.717, 1.165) is 31.0 Å². The number of aromatic nitrogens is 4. The smallest absolute Gasteiger partial charge is 0.173 e. The van der Waals surface area contributed by atoms with Crippen LogP contribution in [0.1, 0.15) is 29.2 Å². The monoisotopic (exact) mass is 311 g/mol. The van der Waals surface area contributed by atoms with Gasteiger partial charge in [0.1, 0.15) is 0 Å². The number of thiophene rings is 1. The molecule has 0 bridgehead atoms. The van der Waals surface area contributed by atoms with E-state index in [1.165, 1.54) is 10.4 Å². The Morgan fingerprint density at radius 1 is 1.18 bits per heavy atom. The minimum atomic E-state index is 0.184. The highest BCUT2D eigenvalue weighted by Crippen LogP contribution is 2.29. The lowest BCUT2D eigenvalue weighted by atomic mass is 10.1. The number of hydrogen-bond acceptors (Lipinski definition) is 5. The summed E-state index contributed by atoms with van der Waals surface area (Å²) in [5.74, 6) is 0.893. The molecular formula is C16H17N5S. The van der Waals surface area contributed by atoms with E-state index < -0.39 is 0 Å². The molecule has 1 aromatic carbocycles. The van der Waals surface area contributed by atoms with Crippen molar-refractivity contribution in [2.75, 3.05) is 6.54 Å². The van der Waals surface area contributed by atoms with Crippen LogP contribution in [0.4, 0.5) is 0 Å². The van der Waals surface area contributed by atoms with Crippen molar-refractivity contribution in [1.82, 2.24) is 25.1 Å². The van der Waals surface area contributed by atoms with Crippen LogP contribution in [0.15, 0.2) is 41.8 Å². The van der Waals surface area contributed by atoms with Crippen LogP contribution in [0.2, 0.25) is 0 Å². The Morgan fingerprint density at radius 2 is 2.05 bits per heavy atom. The van der Waals surface area contributed by atoms with Crippen molar-refractivity contribution < 1.29 is 0 Å². The van der Waals surface area contributed by atoms with E-state index in [9.17, 15) is 0 Å². The van der Waals surface area contributed by atoms with Gasteiger partial charge in [0.15, 0.2) is 5.82 Å².